The third-order valence-corrected chi connectivity index (χ3v) is 6.72. The van der Waals surface area contributed by atoms with Gasteiger partial charge in [0.05, 0.1) is 24.6 Å². The molecule has 0 fully saturated rings. The fourth-order valence-corrected chi connectivity index (χ4v) is 4.20. The van der Waals surface area contributed by atoms with Crippen molar-refractivity contribution in [3.63, 3.8) is 0 Å². The Morgan fingerprint density at radius 2 is 1.94 bits per heavy atom. The molecule has 0 aliphatic heterocycles. The number of nitrogens with zero attached hydrogens (tertiary/aromatic N) is 4. The van der Waals surface area contributed by atoms with Gasteiger partial charge in [-0.15, -0.1) is 21.5 Å². The van der Waals surface area contributed by atoms with E-state index in [1.807, 2.05) is 13.8 Å². The Kier molecular flexibility index (Phi) is 7.29. The minimum atomic E-state index is -0.394. The summed E-state index contributed by atoms with van der Waals surface area (Å²) in [5.74, 6) is 0.894. The molecular weight excluding hydrogens is 436 g/mol. The zero-order valence-corrected chi connectivity index (χ0v) is 19.6. The highest BCUT2D eigenvalue weighted by Gasteiger charge is 2.20. The Labute approximate surface area is 188 Å². The molecule has 0 saturated carbocycles. The first kappa shape index (κ1) is 22.8. The molecule has 0 bridgehead atoms. The fraction of sp³-hybridized carbons (Fsp3) is 0.350. The Morgan fingerprint density at radius 1 is 1.23 bits per heavy atom. The molecule has 3 aromatic rings. The molecule has 2 amide bonds. The lowest BCUT2D eigenvalue weighted by Gasteiger charge is -2.10. The molecule has 2 N–H and O–H groups in total. The zero-order valence-electron chi connectivity index (χ0n) is 17.9. The average Bonchev–Trinajstić information content (AvgIpc) is 3.26. The molecule has 2 aromatic heterocycles. The van der Waals surface area contributed by atoms with Gasteiger partial charge in [0.15, 0.2) is 16.1 Å². The van der Waals surface area contributed by atoms with Gasteiger partial charge in [-0.2, -0.15) is 0 Å². The zero-order chi connectivity index (χ0) is 22.5. The van der Waals surface area contributed by atoms with Gasteiger partial charge >= 0.3 is 0 Å². The van der Waals surface area contributed by atoms with E-state index in [0.717, 1.165) is 10.6 Å². The number of amides is 2. The molecule has 9 nitrogen and oxygen atoms in total. The van der Waals surface area contributed by atoms with Crippen molar-refractivity contribution in [3.8, 4) is 5.75 Å². The van der Waals surface area contributed by atoms with Crippen LogP contribution in [0, 0.1) is 13.8 Å². The lowest BCUT2D eigenvalue weighted by Crippen LogP contribution is -2.24. The maximum atomic E-state index is 12.5. The van der Waals surface area contributed by atoms with Crippen LogP contribution >= 0.6 is 23.1 Å². The second kappa shape index (κ2) is 9.92. The number of hydrogen-bond acceptors (Lipinski definition) is 8. The van der Waals surface area contributed by atoms with Crippen LogP contribution in [0.3, 0.4) is 0 Å². The minimum absolute atomic E-state index is 0.156. The van der Waals surface area contributed by atoms with Crippen molar-refractivity contribution in [3.05, 3.63) is 46.2 Å². The van der Waals surface area contributed by atoms with E-state index in [2.05, 4.69) is 25.8 Å². The Morgan fingerprint density at radius 3 is 2.55 bits per heavy atom. The van der Waals surface area contributed by atoms with E-state index in [1.165, 1.54) is 23.1 Å². The number of hydrogen-bond donors (Lipinski definition) is 2. The van der Waals surface area contributed by atoms with Crippen LogP contribution in [-0.2, 0) is 18.4 Å². The third kappa shape index (κ3) is 5.61. The van der Waals surface area contributed by atoms with Gasteiger partial charge in [0.2, 0.25) is 5.91 Å². The van der Waals surface area contributed by atoms with Crippen LogP contribution in [0.25, 0.3) is 0 Å². The maximum absolute atomic E-state index is 12.5. The van der Waals surface area contributed by atoms with Crippen molar-refractivity contribution < 1.29 is 14.3 Å². The van der Waals surface area contributed by atoms with Crippen LogP contribution in [0.5, 0.6) is 5.75 Å². The third-order valence-electron chi connectivity index (χ3n) is 4.59. The molecule has 0 radical (unpaired) electrons. The number of nitrogens with one attached hydrogen (secondary N) is 2. The lowest BCUT2D eigenvalue weighted by atomic mass is 10.2. The highest BCUT2D eigenvalue weighted by Crippen LogP contribution is 2.25. The van der Waals surface area contributed by atoms with Gasteiger partial charge in [-0.1, -0.05) is 11.8 Å². The van der Waals surface area contributed by atoms with Crippen molar-refractivity contribution in [1.82, 2.24) is 25.1 Å². The molecule has 3 rings (SSSR count). The largest absolute Gasteiger partial charge is 0.497 e. The second-order valence-corrected chi connectivity index (χ2v) is 9.29. The number of thioether (sulfide) groups is 1. The predicted octanol–water partition coefficient (Wildman–Crippen LogP) is 2.95. The number of aromatic nitrogens is 4. The summed E-state index contributed by atoms with van der Waals surface area (Å²) >= 11 is 2.74. The minimum Gasteiger partial charge on any atom is -0.497 e. The number of carbonyl (C=O) groups excluding carboxylic acids is 2. The molecule has 31 heavy (non-hydrogen) atoms. The number of methoxy groups -OCH3 is 1. The van der Waals surface area contributed by atoms with Crippen molar-refractivity contribution in [2.45, 2.75) is 37.7 Å². The highest BCUT2D eigenvalue weighted by molar-refractivity contribution is 8.00. The SMILES string of the molecule is COc1ccc(C(=O)NCc2nnc(S[C@H](C)C(=O)Nc3nc(C)c(C)s3)n2C)cc1. The van der Waals surface area contributed by atoms with Crippen LogP contribution in [0.2, 0.25) is 0 Å². The molecule has 1 atom stereocenters. The molecule has 0 spiro atoms. The summed E-state index contributed by atoms with van der Waals surface area (Å²) in [6.07, 6.45) is 0. The molecule has 0 unspecified atom stereocenters. The van der Waals surface area contributed by atoms with Gasteiger partial charge in [0.25, 0.3) is 5.91 Å². The molecule has 0 saturated heterocycles. The van der Waals surface area contributed by atoms with E-state index in [9.17, 15) is 9.59 Å². The lowest BCUT2D eigenvalue weighted by molar-refractivity contribution is -0.115. The van der Waals surface area contributed by atoms with Gasteiger partial charge in [0, 0.05) is 17.5 Å². The van der Waals surface area contributed by atoms with Gasteiger partial charge in [0.1, 0.15) is 5.75 Å². The van der Waals surface area contributed by atoms with Gasteiger partial charge in [-0.25, -0.2) is 4.98 Å². The summed E-state index contributed by atoms with van der Waals surface area (Å²) in [4.78, 5) is 30.2. The number of aryl methyl sites for hydroxylation is 2. The molecule has 1 aromatic carbocycles. The van der Waals surface area contributed by atoms with E-state index in [-0.39, 0.29) is 18.4 Å². The summed E-state index contributed by atoms with van der Waals surface area (Å²) in [5, 5.41) is 14.7. The first-order valence-corrected chi connectivity index (χ1v) is 11.2. The maximum Gasteiger partial charge on any atom is 0.251 e. The van der Waals surface area contributed by atoms with E-state index >= 15 is 0 Å². The Bertz CT molecular complexity index is 1060. The van der Waals surface area contributed by atoms with Crippen LogP contribution < -0.4 is 15.4 Å². The van der Waals surface area contributed by atoms with Crippen LogP contribution in [-0.4, -0.2) is 43.9 Å². The van der Waals surface area contributed by atoms with E-state index < -0.39 is 5.25 Å². The molecule has 11 heteroatoms. The number of rotatable bonds is 8. The van der Waals surface area contributed by atoms with Crippen molar-refractivity contribution in [2.24, 2.45) is 7.05 Å². The summed E-state index contributed by atoms with van der Waals surface area (Å²) in [6.45, 7) is 5.89. The van der Waals surface area contributed by atoms with Crippen LogP contribution in [0.15, 0.2) is 29.4 Å². The molecular formula is C20H24N6O3S2. The Balaban J connectivity index is 1.56. The van der Waals surface area contributed by atoms with E-state index in [0.29, 0.717) is 27.4 Å². The summed E-state index contributed by atoms with van der Waals surface area (Å²) in [7, 11) is 3.37. The number of thiazole rings is 1. The summed E-state index contributed by atoms with van der Waals surface area (Å²) in [6, 6.07) is 6.84. The molecule has 164 valence electrons. The first-order chi connectivity index (χ1) is 14.8. The summed E-state index contributed by atoms with van der Waals surface area (Å²) < 4.78 is 6.86. The Hall–Kier alpha value is -2.92. The summed E-state index contributed by atoms with van der Waals surface area (Å²) in [5.41, 5.74) is 1.44. The normalized spacial score (nSPS) is 11.8. The predicted molar refractivity (Wildman–Crippen MR) is 121 cm³/mol. The fourth-order valence-electron chi connectivity index (χ4n) is 2.55. The molecule has 0 aliphatic carbocycles. The number of anilines is 1. The first-order valence-electron chi connectivity index (χ1n) is 9.50. The van der Waals surface area contributed by atoms with Crippen molar-refractivity contribution >= 4 is 40.0 Å². The number of ether oxygens (including phenoxy) is 1. The standard InChI is InChI=1S/C20H24N6O3S2/c1-11-12(2)30-19(22-11)23-17(27)13(3)31-20-25-24-16(26(20)4)10-21-18(28)14-6-8-15(29-5)9-7-14/h6-9,13H,10H2,1-5H3,(H,21,28)(H,22,23,27)/t13-/m1/s1. The van der Waals surface area contributed by atoms with Crippen LogP contribution in [0.1, 0.15) is 33.7 Å². The van der Waals surface area contributed by atoms with Gasteiger partial charge in [-0.05, 0) is 45.0 Å². The van der Waals surface area contributed by atoms with Crippen molar-refractivity contribution in [1.29, 1.82) is 0 Å². The number of carbonyl (C=O) groups is 2. The van der Waals surface area contributed by atoms with Crippen LogP contribution in [0.4, 0.5) is 5.13 Å². The topological polar surface area (TPSA) is 111 Å². The number of benzene rings is 1. The van der Waals surface area contributed by atoms with Gasteiger partial charge in [-0.3, -0.25) is 9.59 Å². The smallest absolute Gasteiger partial charge is 0.251 e. The van der Waals surface area contributed by atoms with Gasteiger partial charge < -0.3 is 19.9 Å². The quantitative estimate of drug-likeness (QED) is 0.497. The van der Waals surface area contributed by atoms with E-state index in [4.69, 9.17) is 4.74 Å². The molecule has 2 heterocycles. The average molecular weight is 461 g/mol. The van der Waals surface area contributed by atoms with Crippen molar-refractivity contribution in [2.75, 3.05) is 12.4 Å². The molecule has 0 aliphatic rings. The second-order valence-electron chi connectivity index (χ2n) is 6.78. The monoisotopic (exact) mass is 460 g/mol. The van der Waals surface area contributed by atoms with E-state index in [1.54, 1.807) is 49.9 Å². The highest BCUT2D eigenvalue weighted by atomic mass is 32.2.